The van der Waals surface area contributed by atoms with Crippen LogP contribution in [0.5, 0.6) is 0 Å². The summed E-state index contributed by atoms with van der Waals surface area (Å²) in [5.41, 5.74) is 6.07. The van der Waals surface area contributed by atoms with Gasteiger partial charge < -0.3 is 4.57 Å². The molecule has 0 spiro atoms. The van der Waals surface area contributed by atoms with Crippen molar-refractivity contribution >= 4 is 10.9 Å². The van der Waals surface area contributed by atoms with Gasteiger partial charge in [-0.25, -0.2) is 4.98 Å². The van der Waals surface area contributed by atoms with Crippen LogP contribution in [0.25, 0.3) is 22.3 Å². The minimum Gasteiger partial charge on any atom is -0.330 e. The summed E-state index contributed by atoms with van der Waals surface area (Å²) >= 11 is 0. The molecular formula is C23H22N4. The first-order valence-electron chi connectivity index (χ1n) is 9.44. The summed E-state index contributed by atoms with van der Waals surface area (Å²) in [4.78, 5) is 12.0. The van der Waals surface area contributed by atoms with Gasteiger partial charge in [-0.3, -0.25) is 9.88 Å². The monoisotopic (exact) mass is 354 g/mol. The Labute approximate surface area is 159 Å². The highest BCUT2D eigenvalue weighted by atomic mass is 15.2. The molecule has 0 amide bonds. The van der Waals surface area contributed by atoms with Crippen molar-refractivity contribution in [2.24, 2.45) is 7.05 Å². The first-order chi connectivity index (χ1) is 13.3. The van der Waals surface area contributed by atoms with Crippen molar-refractivity contribution in [2.45, 2.75) is 19.5 Å². The predicted octanol–water partition coefficient (Wildman–Crippen LogP) is 4.19. The Hall–Kier alpha value is -2.98. The number of para-hydroxylation sites is 1. The molecule has 0 saturated carbocycles. The lowest BCUT2D eigenvalue weighted by atomic mass is 10.1. The third-order valence-electron chi connectivity index (χ3n) is 5.42. The Morgan fingerprint density at radius 3 is 2.70 bits per heavy atom. The fraction of sp³-hybridized carbons (Fsp3) is 0.217. The van der Waals surface area contributed by atoms with Crippen LogP contribution in [0.15, 0.2) is 66.9 Å². The number of benzene rings is 2. The molecule has 0 atom stereocenters. The average molecular weight is 354 g/mol. The number of hydrogen-bond acceptors (Lipinski definition) is 3. The lowest BCUT2D eigenvalue weighted by molar-refractivity contribution is 0.238. The van der Waals surface area contributed by atoms with E-state index in [1.807, 2.05) is 18.3 Å². The van der Waals surface area contributed by atoms with Gasteiger partial charge in [0.15, 0.2) is 0 Å². The van der Waals surface area contributed by atoms with Gasteiger partial charge in [0.05, 0.1) is 16.9 Å². The molecule has 1 aliphatic heterocycles. The summed E-state index contributed by atoms with van der Waals surface area (Å²) in [6.45, 7) is 2.88. The highest BCUT2D eigenvalue weighted by molar-refractivity contribution is 5.78. The van der Waals surface area contributed by atoms with Crippen LogP contribution >= 0.6 is 0 Å². The highest BCUT2D eigenvalue weighted by Crippen LogP contribution is 2.26. The topological polar surface area (TPSA) is 34.0 Å². The van der Waals surface area contributed by atoms with Crippen LogP contribution in [0.1, 0.15) is 17.0 Å². The molecule has 27 heavy (non-hydrogen) atoms. The van der Waals surface area contributed by atoms with Crippen LogP contribution in [0, 0.1) is 0 Å². The van der Waals surface area contributed by atoms with Crippen molar-refractivity contribution < 1.29 is 0 Å². The van der Waals surface area contributed by atoms with E-state index in [1.165, 1.54) is 27.9 Å². The van der Waals surface area contributed by atoms with E-state index >= 15 is 0 Å². The second-order valence-electron chi connectivity index (χ2n) is 7.25. The van der Waals surface area contributed by atoms with Crippen LogP contribution in [0.3, 0.4) is 0 Å². The maximum absolute atomic E-state index is 4.93. The molecular weight excluding hydrogens is 332 g/mol. The molecule has 4 aromatic rings. The van der Waals surface area contributed by atoms with Crippen molar-refractivity contribution in [3.05, 3.63) is 83.8 Å². The molecule has 0 radical (unpaired) electrons. The third kappa shape index (κ3) is 3.02. The van der Waals surface area contributed by atoms with Gasteiger partial charge >= 0.3 is 0 Å². The van der Waals surface area contributed by atoms with Crippen LogP contribution in [-0.2, 0) is 26.6 Å². The molecule has 4 heteroatoms. The first-order valence-corrected chi connectivity index (χ1v) is 9.44. The molecule has 5 rings (SSSR count). The van der Waals surface area contributed by atoms with Crippen molar-refractivity contribution in [2.75, 3.05) is 6.54 Å². The van der Waals surface area contributed by atoms with E-state index in [1.54, 1.807) is 0 Å². The van der Waals surface area contributed by atoms with Gasteiger partial charge in [0.1, 0.15) is 5.82 Å². The molecule has 134 valence electrons. The molecule has 0 bridgehead atoms. The minimum absolute atomic E-state index is 0.920. The minimum atomic E-state index is 0.920. The van der Waals surface area contributed by atoms with Gasteiger partial charge in [0, 0.05) is 50.2 Å². The predicted molar refractivity (Wildman–Crippen MR) is 108 cm³/mol. The maximum Gasteiger partial charge on any atom is 0.140 e. The van der Waals surface area contributed by atoms with Crippen molar-refractivity contribution in [3.8, 4) is 11.4 Å². The van der Waals surface area contributed by atoms with Gasteiger partial charge in [-0.15, -0.1) is 0 Å². The van der Waals surface area contributed by atoms with Gasteiger partial charge in [-0.2, -0.15) is 0 Å². The highest BCUT2D eigenvalue weighted by Gasteiger charge is 2.23. The van der Waals surface area contributed by atoms with E-state index in [9.17, 15) is 0 Å². The number of hydrogen-bond donors (Lipinski definition) is 0. The van der Waals surface area contributed by atoms with Gasteiger partial charge in [-0.05, 0) is 17.7 Å². The van der Waals surface area contributed by atoms with E-state index < -0.39 is 0 Å². The van der Waals surface area contributed by atoms with Crippen molar-refractivity contribution in [1.29, 1.82) is 0 Å². The first kappa shape index (κ1) is 16.2. The SMILES string of the molecule is Cn1c(-c2ccccc2)nc2c1CN(Cc1cnc3ccccc3c1)CC2. The maximum atomic E-state index is 4.93. The lowest BCUT2D eigenvalue weighted by Crippen LogP contribution is -2.31. The van der Waals surface area contributed by atoms with E-state index in [-0.39, 0.29) is 0 Å². The normalized spacial score (nSPS) is 14.4. The molecule has 0 fully saturated rings. The zero-order valence-electron chi connectivity index (χ0n) is 15.5. The molecule has 0 unspecified atom stereocenters. The molecule has 2 aromatic carbocycles. The van der Waals surface area contributed by atoms with Crippen molar-refractivity contribution in [1.82, 2.24) is 19.4 Å². The molecule has 1 aliphatic rings. The largest absolute Gasteiger partial charge is 0.330 e. The smallest absolute Gasteiger partial charge is 0.140 e. The summed E-state index contributed by atoms with van der Waals surface area (Å²) in [6, 6.07) is 21.0. The zero-order valence-corrected chi connectivity index (χ0v) is 15.5. The van der Waals surface area contributed by atoms with Crippen LogP contribution in [-0.4, -0.2) is 26.0 Å². The molecule has 4 nitrogen and oxygen atoms in total. The number of aromatic nitrogens is 3. The molecule has 2 aromatic heterocycles. The fourth-order valence-corrected chi connectivity index (χ4v) is 3.98. The zero-order chi connectivity index (χ0) is 18.2. The standard InChI is InChI=1S/C23H22N4/c1-26-22-16-27(15-17-13-19-9-5-6-10-20(19)24-14-17)12-11-21(22)25-23(26)18-7-3-2-4-8-18/h2-10,13-14H,11-12,15-16H2,1H3. The number of fused-ring (bicyclic) bond motifs is 2. The molecule has 0 N–H and O–H groups in total. The number of imidazole rings is 1. The van der Waals surface area contributed by atoms with Gasteiger partial charge in [0.2, 0.25) is 0 Å². The molecule has 0 aliphatic carbocycles. The lowest BCUT2D eigenvalue weighted by Gasteiger charge is -2.27. The van der Waals surface area contributed by atoms with E-state index in [4.69, 9.17) is 4.98 Å². The van der Waals surface area contributed by atoms with Crippen LogP contribution in [0.2, 0.25) is 0 Å². The quantitative estimate of drug-likeness (QED) is 0.553. The second-order valence-corrected chi connectivity index (χ2v) is 7.25. The number of rotatable bonds is 3. The van der Waals surface area contributed by atoms with Gasteiger partial charge in [-0.1, -0.05) is 48.5 Å². The van der Waals surface area contributed by atoms with Crippen LogP contribution in [0.4, 0.5) is 0 Å². The van der Waals surface area contributed by atoms with Crippen LogP contribution < -0.4 is 0 Å². The Kier molecular flexibility index (Phi) is 3.98. The summed E-state index contributed by atoms with van der Waals surface area (Å²) in [5.74, 6) is 1.06. The molecule has 0 saturated heterocycles. The summed E-state index contributed by atoms with van der Waals surface area (Å²) < 4.78 is 2.26. The second kappa shape index (κ2) is 6.63. The number of nitrogens with zero attached hydrogens (tertiary/aromatic N) is 4. The Morgan fingerprint density at radius 1 is 1.00 bits per heavy atom. The Bertz CT molecular complexity index is 1100. The summed E-state index contributed by atoms with van der Waals surface area (Å²) in [7, 11) is 2.13. The Balaban J connectivity index is 1.40. The molecule has 3 heterocycles. The van der Waals surface area contributed by atoms with E-state index in [2.05, 4.69) is 70.0 Å². The van der Waals surface area contributed by atoms with E-state index in [0.29, 0.717) is 0 Å². The van der Waals surface area contributed by atoms with Crippen molar-refractivity contribution in [3.63, 3.8) is 0 Å². The average Bonchev–Trinajstić information content (AvgIpc) is 3.05. The summed E-state index contributed by atoms with van der Waals surface area (Å²) in [5, 5.41) is 1.21. The Morgan fingerprint density at radius 2 is 1.81 bits per heavy atom. The fourth-order valence-electron chi connectivity index (χ4n) is 3.98. The summed E-state index contributed by atoms with van der Waals surface area (Å²) in [6.07, 6.45) is 3.01. The van der Waals surface area contributed by atoms with E-state index in [0.717, 1.165) is 37.4 Å². The third-order valence-corrected chi connectivity index (χ3v) is 5.42. The van der Waals surface area contributed by atoms with Gasteiger partial charge in [0.25, 0.3) is 0 Å². The number of pyridine rings is 1.